The number of aliphatic carboxylic acids is 1. The number of ether oxygens (including phenoxy) is 1. The van der Waals surface area contributed by atoms with Crippen LogP contribution in [0, 0.1) is 0 Å². The standard InChI is InChI=1S/C18H20N2O5/c1-24-13-6-4-12(5-7-13)15-11-19-16(25-15)8-9-17(21)20-10-2-3-14(20)18(22)23/h4-7,11,14H,2-3,8-10H2,1H3,(H,22,23). The summed E-state index contributed by atoms with van der Waals surface area (Å²) in [5, 5.41) is 9.15. The molecule has 1 N–H and O–H groups in total. The first-order chi connectivity index (χ1) is 12.1. The van der Waals surface area contributed by atoms with Gasteiger partial charge in [-0.15, -0.1) is 0 Å². The lowest BCUT2D eigenvalue weighted by Crippen LogP contribution is -2.40. The molecule has 0 radical (unpaired) electrons. The number of likely N-dealkylation sites (tertiary alicyclic amines) is 1. The highest BCUT2D eigenvalue weighted by molar-refractivity contribution is 5.84. The molecule has 0 bridgehead atoms. The number of hydrogen-bond donors (Lipinski definition) is 1. The Morgan fingerprint density at radius 3 is 2.80 bits per heavy atom. The van der Waals surface area contributed by atoms with Crippen molar-refractivity contribution in [1.82, 2.24) is 9.88 Å². The van der Waals surface area contributed by atoms with E-state index in [1.807, 2.05) is 24.3 Å². The van der Waals surface area contributed by atoms with Crippen LogP contribution in [0.3, 0.4) is 0 Å². The highest BCUT2D eigenvalue weighted by Gasteiger charge is 2.33. The lowest BCUT2D eigenvalue weighted by molar-refractivity contribution is -0.148. The predicted molar refractivity (Wildman–Crippen MR) is 89.2 cm³/mol. The van der Waals surface area contributed by atoms with Gasteiger partial charge in [0, 0.05) is 24.9 Å². The van der Waals surface area contributed by atoms with Gasteiger partial charge in [0.1, 0.15) is 11.8 Å². The van der Waals surface area contributed by atoms with Crippen LogP contribution in [0.25, 0.3) is 11.3 Å². The Hall–Kier alpha value is -2.83. The van der Waals surface area contributed by atoms with Crippen molar-refractivity contribution in [2.45, 2.75) is 31.7 Å². The van der Waals surface area contributed by atoms with Crippen molar-refractivity contribution in [3.63, 3.8) is 0 Å². The monoisotopic (exact) mass is 344 g/mol. The van der Waals surface area contributed by atoms with Crippen LogP contribution in [0.15, 0.2) is 34.9 Å². The van der Waals surface area contributed by atoms with E-state index < -0.39 is 12.0 Å². The van der Waals surface area contributed by atoms with Crippen LogP contribution in [-0.4, -0.2) is 46.6 Å². The zero-order valence-corrected chi connectivity index (χ0v) is 14.0. The average Bonchev–Trinajstić information content (AvgIpc) is 3.29. The molecule has 0 aliphatic carbocycles. The first-order valence-electron chi connectivity index (χ1n) is 8.20. The molecule has 1 aliphatic rings. The first-order valence-corrected chi connectivity index (χ1v) is 8.20. The van der Waals surface area contributed by atoms with E-state index in [1.165, 1.54) is 4.90 Å². The number of aromatic nitrogens is 1. The van der Waals surface area contributed by atoms with Gasteiger partial charge in [-0.3, -0.25) is 4.79 Å². The number of amides is 1. The largest absolute Gasteiger partial charge is 0.497 e. The summed E-state index contributed by atoms with van der Waals surface area (Å²) in [6, 6.07) is 6.71. The number of rotatable bonds is 6. The molecule has 1 fully saturated rings. The third-order valence-electron chi connectivity index (χ3n) is 4.34. The van der Waals surface area contributed by atoms with Crippen LogP contribution in [0.2, 0.25) is 0 Å². The van der Waals surface area contributed by atoms with Gasteiger partial charge in [-0.05, 0) is 37.1 Å². The molecular formula is C18H20N2O5. The molecule has 132 valence electrons. The van der Waals surface area contributed by atoms with Gasteiger partial charge in [-0.1, -0.05) is 0 Å². The van der Waals surface area contributed by atoms with E-state index in [0.717, 1.165) is 17.7 Å². The first kappa shape index (κ1) is 17.0. The molecule has 1 aromatic carbocycles. The van der Waals surface area contributed by atoms with Crippen molar-refractivity contribution in [2.24, 2.45) is 0 Å². The van der Waals surface area contributed by atoms with Gasteiger partial charge >= 0.3 is 5.97 Å². The normalized spacial score (nSPS) is 16.8. The fraction of sp³-hybridized carbons (Fsp3) is 0.389. The molecule has 25 heavy (non-hydrogen) atoms. The summed E-state index contributed by atoms with van der Waals surface area (Å²) < 4.78 is 10.8. The molecule has 3 rings (SSSR count). The van der Waals surface area contributed by atoms with Crippen molar-refractivity contribution in [1.29, 1.82) is 0 Å². The van der Waals surface area contributed by atoms with E-state index in [4.69, 9.17) is 14.3 Å². The quantitative estimate of drug-likeness (QED) is 0.865. The minimum absolute atomic E-state index is 0.172. The van der Waals surface area contributed by atoms with Crippen LogP contribution in [0.5, 0.6) is 5.75 Å². The molecular weight excluding hydrogens is 324 g/mol. The van der Waals surface area contributed by atoms with Crippen LogP contribution in [0.4, 0.5) is 0 Å². The third kappa shape index (κ3) is 3.81. The predicted octanol–water partition coefficient (Wildman–Crippen LogP) is 2.36. The van der Waals surface area contributed by atoms with Crippen LogP contribution < -0.4 is 4.74 Å². The lowest BCUT2D eigenvalue weighted by atomic mass is 10.2. The molecule has 2 aromatic rings. The second-order valence-corrected chi connectivity index (χ2v) is 5.93. The summed E-state index contributed by atoms with van der Waals surface area (Å²) in [4.78, 5) is 29.1. The maximum absolute atomic E-state index is 12.3. The van der Waals surface area contributed by atoms with Crippen molar-refractivity contribution in [2.75, 3.05) is 13.7 Å². The van der Waals surface area contributed by atoms with Gasteiger partial charge in [0.15, 0.2) is 11.7 Å². The Morgan fingerprint density at radius 1 is 1.36 bits per heavy atom. The van der Waals surface area contributed by atoms with Crippen LogP contribution in [0.1, 0.15) is 25.2 Å². The summed E-state index contributed by atoms with van der Waals surface area (Å²) >= 11 is 0. The minimum atomic E-state index is -0.941. The third-order valence-corrected chi connectivity index (χ3v) is 4.34. The van der Waals surface area contributed by atoms with Gasteiger partial charge in [0.25, 0.3) is 0 Å². The summed E-state index contributed by atoms with van der Waals surface area (Å²) in [7, 11) is 1.61. The lowest BCUT2D eigenvalue weighted by Gasteiger charge is -2.20. The molecule has 2 heterocycles. The Labute approximate surface area is 145 Å². The second-order valence-electron chi connectivity index (χ2n) is 5.93. The second kappa shape index (κ2) is 7.38. The number of carbonyl (C=O) groups excluding carboxylic acids is 1. The van der Waals surface area contributed by atoms with Gasteiger partial charge in [-0.2, -0.15) is 0 Å². The molecule has 0 saturated carbocycles. The van der Waals surface area contributed by atoms with Crippen molar-refractivity contribution in [3.05, 3.63) is 36.4 Å². The van der Waals surface area contributed by atoms with Crippen LogP contribution in [-0.2, 0) is 16.0 Å². The highest BCUT2D eigenvalue weighted by Crippen LogP contribution is 2.24. The van der Waals surface area contributed by atoms with E-state index in [2.05, 4.69) is 4.98 Å². The average molecular weight is 344 g/mol. The van der Waals surface area contributed by atoms with E-state index in [1.54, 1.807) is 13.3 Å². The summed E-state index contributed by atoms with van der Waals surface area (Å²) in [5.41, 5.74) is 0.872. The minimum Gasteiger partial charge on any atom is -0.497 e. The maximum Gasteiger partial charge on any atom is 0.326 e. The van der Waals surface area contributed by atoms with Crippen molar-refractivity contribution in [3.8, 4) is 17.1 Å². The number of carbonyl (C=O) groups is 2. The van der Waals surface area contributed by atoms with Crippen molar-refractivity contribution >= 4 is 11.9 Å². The molecule has 1 saturated heterocycles. The van der Waals surface area contributed by atoms with E-state index in [-0.39, 0.29) is 12.3 Å². The Bertz CT molecular complexity index is 753. The van der Waals surface area contributed by atoms with E-state index in [0.29, 0.717) is 31.0 Å². The van der Waals surface area contributed by atoms with Gasteiger partial charge in [0.2, 0.25) is 5.91 Å². The molecule has 1 amide bonds. The van der Waals surface area contributed by atoms with Gasteiger partial charge in [0.05, 0.1) is 13.3 Å². The molecule has 1 aromatic heterocycles. The maximum atomic E-state index is 12.3. The SMILES string of the molecule is COc1ccc(-c2cnc(CCC(=O)N3CCCC3C(=O)O)o2)cc1. The van der Waals surface area contributed by atoms with Gasteiger partial charge < -0.3 is 19.2 Å². The van der Waals surface area contributed by atoms with Crippen LogP contribution >= 0.6 is 0 Å². The molecule has 1 atom stereocenters. The number of oxazole rings is 1. The fourth-order valence-electron chi connectivity index (χ4n) is 2.99. The topological polar surface area (TPSA) is 92.9 Å². The zero-order chi connectivity index (χ0) is 17.8. The summed E-state index contributed by atoms with van der Waals surface area (Å²) in [6.07, 6.45) is 3.40. The van der Waals surface area contributed by atoms with E-state index >= 15 is 0 Å². The number of aryl methyl sites for hydroxylation is 1. The molecule has 1 unspecified atom stereocenters. The fourth-order valence-corrected chi connectivity index (χ4v) is 2.99. The van der Waals surface area contributed by atoms with E-state index in [9.17, 15) is 9.59 Å². The molecule has 1 aliphatic heterocycles. The Balaban J connectivity index is 1.59. The Kier molecular flexibility index (Phi) is 5.02. The smallest absolute Gasteiger partial charge is 0.326 e. The molecule has 0 spiro atoms. The molecule has 7 nitrogen and oxygen atoms in total. The molecule has 7 heteroatoms. The number of carboxylic acids is 1. The summed E-state index contributed by atoms with van der Waals surface area (Å²) in [5.74, 6) is 0.727. The highest BCUT2D eigenvalue weighted by atomic mass is 16.5. The number of hydrogen-bond acceptors (Lipinski definition) is 5. The number of nitrogens with zero attached hydrogens (tertiary/aromatic N) is 2. The summed E-state index contributed by atoms with van der Waals surface area (Å²) in [6.45, 7) is 0.498. The van der Waals surface area contributed by atoms with Gasteiger partial charge in [-0.25, -0.2) is 9.78 Å². The zero-order valence-electron chi connectivity index (χ0n) is 14.0. The van der Waals surface area contributed by atoms with Crippen molar-refractivity contribution < 1.29 is 23.8 Å². The number of carboxylic acid groups (broad SMARTS) is 1. The number of benzene rings is 1. The number of methoxy groups -OCH3 is 1. The Morgan fingerprint density at radius 2 is 2.12 bits per heavy atom.